The van der Waals surface area contributed by atoms with Crippen LogP contribution >= 0.6 is 0 Å². The van der Waals surface area contributed by atoms with Crippen molar-refractivity contribution < 1.29 is 24.2 Å². The molecule has 4 rings (SSSR count). The van der Waals surface area contributed by atoms with E-state index >= 15 is 0 Å². The molecule has 3 unspecified atom stereocenters. The van der Waals surface area contributed by atoms with Gasteiger partial charge in [-0.3, -0.25) is 9.59 Å². The number of carboxylic acid groups (broad SMARTS) is 1. The molecule has 3 N–H and O–H groups in total. The first-order valence-corrected chi connectivity index (χ1v) is 11.6. The van der Waals surface area contributed by atoms with Gasteiger partial charge in [0, 0.05) is 12.0 Å². The minimum Gasteiger partial charge on any atom is -0.481 e. The Labute approximate surface area is 193 Å². The van der Waals surface area contributed by atoms with Gasteiger partial charge in [-0.25, -0.2) is 4.79 Å². The summed E-state index contributed by atoms with van der Waals surface area (Å²) in [5.41, 5.74) is 4.55. The molecule has 174 valence electrons. The fourth-order valence-corrected chi connectivity index (χ4v) is 5.06. The second kappa shape index (κ2) is 10.1. The summed E-state index contributed by atoms with van der Waals surface area (Å²) in [6.07, 6.45) is 2.85. The van der Waals surface area contributed by atoms with Crippen molar-refractivity contribution >= 4 is 18.0 Å². The SMILES string of the molecule is CC(NC(=O)OCC1c2ccccc2-c2ccccc21)C(=O)NC1CCCCC1CC(=O)O. The highest BCUT2D eigenvalue weighted by Gasteiger charge is 2.31. The fourth-order valence-electron chi connectivity index (χ4n) is 5.06. The number of benzene rings is 2. The summed E-state index contributed by atoms with van der Waals surface area (Å²) in [5.74, 6) is -1.31. The Kier molecular flexibility index (Phi) is 6.96. The maximum Gasteiger partial charge on any atom is 0.407 e. The monoisotopic (exact) mass is 450 g/mol. The Bertz CT molecular complexity index is 991. The lowest BCUT2D eigenvalue weighted by atomic mass is 9.82. The largest absolute Gasteiger partial charge is 0.481 e. The van der Waals surface area contributed by atoms with Gasteiger partial charge in [0.25, 0.3) is 0 Å². The van der Waals surface area contributed by atoms with Crippen molar-refractivity contribution in [2.24, 2.45) is 5.92 Å². The number of carbonyl (C=O) groups excluding carboxylic acids is 2. The molecule has 0 aromatic heterocycles. The highest BCUT2D eigenvalue weighted by atomic mass is 16.5. The lowest BCUT2D eigenvalue weighted by molar-refractivity contribution is -0.139. The Morgan fingerprint density at radius 3 is 2.24 bits per heavy atom. The third kappa shape index (κ3) is 5.18. The lowest BCUT2D eigenvalue weighted by Gasteiger charge is -2.32. The van der Waals surface area contributed by atoms with Crippen LogP contribution < -0.4 is 10.6 Å². The molecular weight excluding hydrogens is 420 g/mol. The molecule has 0 spiro atoms. The van der Waals surface area contributed by atoms with E-state index in [4.69, 9.17) is 9.84 Å². The van der Waals surface area contributed by atoms with Crippen molar-refractivity contribution in [2.45, 2.75) is 57.0 Å². The van der Waals surface area contributed by atoms with Crippen molar-refractivity contribution in [1.82, 2.24) is 10.6 Å². The number of fused-ring (bicyclic) bond motifs is 3. The second-order valence-corrected chi connectivity index (χ2v) is 8.95. The summed E-state index contributed by atoms with van der Waals surface area (Å²) in [4.78, 5) is 36.2. The maximum atomic E-state index is 12.6. The van der Waals surface area contributed by atoms with E-state index in [2.05, 4.69) is 34.9 Å². The molecule has 3 atom stereocenters. The number of alkyl carbamates (subject to hydrolysis) is 1. The van der Waals surface area contributed by atoms with E-state index in [1.54, 1.807) is 6.92 Å². The first kappa shape index (κ1) is 22.8. The van der Waals surface area contributed by atoms with Gasteiger partial charge in [0.05, 0.1) is 6.42 Å². The number of amides is 2. The first-order chi connectivity index (χ1) is 15.9. The minimum atomic E-state index is -0.856. The van der Waals surface area contributed by atoms with Crippen molar-refractivity contribution in [1.29, 1.82) is 0 Å². The number of hydrogen-bond donors (Lipinski definition) is 3. The predicted molar refractivity (Wildman–Crippen MR) is 124 cm³/mol. The third-order valence-electron chi connectivity index (χ3n) is 6.74. The normalized spacial score (nSPS) is 20.3. The molecule has 0 aliphatic heterocycles. The number of hydrogen-bond acceptors (Lipinski definition) is 4. The number of aliphatic carboxylic acids is 1. The summed E-state index contributed by atoms with van der Waals surface area (Å²) >= 11 is 0. The number of ether oxygens (including phenoxy) is 1. The van der Waals surface area contributed by atoms with Gasteiger partial charge >= 0.3 is 12.1 Å². The summed E-state index contributed by atoms with van der Waals surface area (Å²) in [7, 11) is 0. The Hall–Kier alpha value is -3.35. The van der Waals surface area contributed by atoms with Crippen molar-refractivity contribution in [3.8, 4) is 11.1 Å². The molecule has 0 bridgehead atoms. The molecule has 0 radical (unpaired) electrons. The average molecular weight is 451 g/mol. The lowest BCUT2D eigenvalue weighted by Crippen LogP contribution is -2.51. The minimum absolute atomic E-state index is 0.0408. The van der Waals surface area contributed by atoms with Gasteiger partial charge in [-0.1, -0.05) is 61.4 Å². The number of carboxylic acids is 1. The Morgan fingerprint density at radius 2 is 1.61 bits per heavy atom. The number of carbonyl (C=O) groups is 3. The molecule has 2 amide bonds. The standard InChI is InChI=1S/C26H30N2O5/c1-16(25(31)28-23-13-7-2-8-17(23)14-24(29)30)27-26(32)33-15-22-20-11-5-3-9-18(20)19-10-4-6-12-21(19)22/h3-6,9-12,16-17,22-23H,2,7-8,13-15H2,1H3,(H,27,32)(H,28,31)(H,29,30). The molecule has 33 heavy (non-hydrogen) atoms. The van der Waals surface area contributed by atoms with E-state index in [1.165, 1.54) is 0 Å². The van der Waals surface area contributed by atoms with Crippen LogP contribution in [-0.4, -0.2) is 41.8 Å². The highest BCUT2D eigenvalue weighted by molar-refractivity contribution is 5.85. The van der Waals surface area contributed by atoms with Crippen molar-refractivity contribution in [3.63, 3.8) is 0 Å². The van der Waals surface area contributed by atoms with E-state index in [-0.39, 0.29) is 36.8 Å². The molecule has 1 fully saturated rings. The van der Waals surface area contributed by atoms with E-state index in [9.17, 15) is 14.4 Å². The van der Waals surface area contributed by atoms with Crippen LogP contribution in [0.1, 0.15) is 56.1 Å². The van der Waals surface area contributed by atoms with Crippen LogP contribution in [0.4, 0.5) is 4.79 Å². The van der Waals surface area contributed by atoms with Crippen LogP contribution in [0.2, 0.25) is 0 Å². The molecular formula is C26H30N2O5. The van der Waals surface area contributed by atoms with Gasteiger partial charge in [-0.15, -0.1) is 0 Å². The summed E-state index contributed by atoms with van der Waals surface area (Å²) in [6.45, 7) is 1.78. The van der Waals surface area contributed by atoms with E-state index in [1.807, 2.05) is 24.3 Å². The Morgan fingerprint density at radius 1 is 1.00 bits per heavy atom. The highest BCUT2D eigenvalue weighted by Crippen LogP contribution is 2.44. The van der Waals surface area contributed by atoms with Crippen LogP contribution in [0.25, 0.3) is 11.1 Å². The topological polar surface area (TPSA) is 105 Å². The van der Waals surface area contributed by atoms with Crippen LogP contribution in [-0.2, 0) is 14.3 Å². The average Bonchev–Trinajstić information content (AvgIpc) is 3.12. The van der Waals surface area contributed by atoms with Gasteiger partial charge in [0.2, 0.25) is 5.91 Å². The fraction of sp³-hybridized carbons (Fsp3) is 0.423. The third-order valence-corrected chi connectivity index (χ3v) is 6.74. The maximum absolute atomic E-state index is 12.6. The zero-order chi connectivity index (χ0) is 23.4. The van der Waals surface area contributed by atoms with Gasteiger partial charge in [0.1, 0.15) is 12.6 Å². The quantitative estimate of drug-likeness (QED) is 0.590. The van der Waals surface area contributed by atoms with Crippen molar-refractivity contribution in [3.05, 3.63) is 59.7 Å². The van der Waals surface area contributed by atoms with E-state index < -0.39 is 18.1 Å². The van der Waals surface area contributed by atoms with Gasteiger partial charge in [0.15, 0.2) is 0 Å². The summed E-state index contributed by atoms with van der Waals surface area (Å²) in [5, 5.41) is 14.7. The Balaban J connectivity index is 1.32. The molecule has 2 aliphatic rings. The van der Waals surface area contributed by atoms with E-state index in [0.717, 1.165) is 47.9 Å². The molecule has 0 heterocycles. The molecule has 0 saturated heterocycles. The zero-order valence-corrected chi connectivity index (χ0v) is 18.8. The van der Waals surface area contributed by atoms with Crippen molar-refractivity contribution in [2.75, 3.05) is 6.61 Å². The first-order valence-electron chi connectivity index (χ1n) is 11.6. The van der Waals surface area contributed by atoms with E-state index in [0.29, 0.717) is 0 Å². The second-order valence-electron chi connectivity index (χ2n) is 8.95. The smallest absolute Gasteiger partial charge is 0.407 e. The molecule has 1 saturated carbocycles. The number of rotatable bonds is 7. The number of nitrogens with one attached hydrogen (secondary N) is 2. The van der Waals surface area contributed by atoms with Gasteiger partial charge < -0.3 is 20.5 Å². The van der Waals surface area contributed by atoms with Crippen LogP contribution in [0.3, 0.4) is 0 Å². The van der Waals surface area contributed by atoms with Crippen LogP contribution in [0.15, 0.2) is 48.5 Å². The molecule has 2 aromatic carbocycles. The summed E-state index contributed by atoms with van der Waals surface area (Å²) in [6, 6.07) is 15.2. The molecule has 2 aliphatic carbocycles. The van der Waals surface area contributed by atoms with Crippen LogP contribution in [0, 0.1) is 5.92 Å². The summed E-state index contributed by atoms with van der Waals surface area (Å²) < 4.78 is 5.52. The molecule has 7 heteroatoms. The molecule has 2 aromatic rings. The van der Waals surface area contributed by atoms with Crippen LogP contribution in [0.5, 0.6) is 0 Å². The van der Waals surface area contributed by atoms with Gasteiger partial charge in [-0.2, -0.15) is 0 Å². The zero-order valence-electron chi connectivity index (χ0n) is 18.8. The molecule has 7 nitrogen and oxygen atoms in total. The van der Waals surface area contributed by atoms with Gasteiger partial charge in [-0.05, 0) is 47.9 Å². The predicted octanol–water partition coefficient (Wildman–Crippen LogP) is 4.06.